The zero-order valence-corrected chi connectivity index (χ0v) is 18.0. The van der Waals surface area contributed by atoms with E-state index in [1.165, 1.54) is 11.0 Å². The van der Waals surface area contributed by atoms with Crippen LogP contribution in [0.4, 0.5) is 0 Å². The number of piperidine rings is 1. The number of nitrogens with one attached hydrogen (secondary N) is 1. The van der Waals surface area contributed by atoms with Crippen LogP contribution in [-0.2, 0) is 14.3 Å². The molecule has 0 atom stereocenters. The van der Waals surface area contributed by atoms with Gasteiger partial charge >= 0.3 is 0 Å². The summed E-state index contributed by atoms with van der Waals surface area (Å²) in [5, 5.41) is 2.97. The molecule has 0 saturated carbocycles. The predicted octanol–water partition coefficient (Wildman–Crippen LogP) is 1.08. The molecule has 2 heterocycles. The number of fused-ring (bicyclic) bond motifs is 1. The molecule has 0 aromatic heterocycles. The molecule has 2 aliphatic heterocycles. The average Bonchev–Trinajstić information content (AvgIpc) is 3.02. The van der Waals surface area contributed by atoms with Crippen LogP contribution in [0.5, 0.6) is 0 Å². The Balaban J connectivity index is 1.59. The van der Waals surface area contributed by atoms with Crippen molar-refractivity contribution >= 4 is 23.6 Å². The summed E-state index contributed by atoms with van der Waals surface area (Å²) in [6.07, 6.45) is 2.21. The molecule has 9 nitrogen and oxygen atoms in total. The number of rotatable bonds is 9. The summed E-state index contributed by atoms with van der Waals surface area (Å²) < 4.78 is 9.89. The van der Waals surface area contributed by atoms with Gasteiger partial charge in [-0.3, -0.25) is 24.1 Å². The highest BCUT2D eigenvalue weighted by molar-refractivity contribution is 6.22. The molecule has 1 saturated heterocycles. The van der Waals surface area contributed by atoms with Crippen molar-refractivity contribution in [2.24, 2.45) is 0 Å². The van der Waals surface area contributed by atoms with Gasteiger partial charge in [-0.2, -0.15) is 0 Å². The number of carbonyl (C=O) groups excluding carboxylic acids is 4. The first-order valence-electron chi connectivity index (χ1n) is 10.5. The van der Waals surface area contributed by atoms with E-state index in [4.69, 9.17) is 9.47 Å². The monoisotopic (exact) mass is 431 g/mol. The molecular formula is C22H29N3O6. The molecule has 0 aliphatic carbocycles. The van der Waals surface area contributed by atoms with E-state index in [2.05, 4.69) is 5.32 Å². The molecule has 1 aromatic rings. The Kier molecular flexibility index (Phi) is 7.75. The first-order valence-corrected chi connectivity index (χ1v) is 10.5. The molecule has 0 spiro atoms. The standard InChI is InChI=1S/C22H29N3O6/c1-30-12-3-9-25-21(28)17-5-4-15(14-18(17)22(25)29)20(27)24-10-6-16(7-11-24)23-19(26)8-13-31-2/h4-5,14,16H,3,6-13H2,1-2H3,(H,23,26). The van der Waals surface area contributed by atoms with E-state index >= 15 is 0 Å². The van der Waals surface area contributed by atoms with Gasteiger partial charge < -0.3 is 19.7 Å². The fraction of sp³-hybridized carbons (Fsp3) is 0.545. The Morgan fingerprint density at radius 2 is 1.71 bits per heavy atom. The van der Waals surface area contributed by atoms with Crippen LogP contribution in [0.1, 0.15) is 56.8 Å². The van der Waals surface area contributed by atoms with Crippen molar-refractivity contribution < 1.29 is 28.7 Å². The molecule has 31 heavy (non-hydrogen) atoms. The molecule has 4 amide bonds. The van der Waals surface area contributed by atoms with Gasteiger partial charge in [0.25, 0.3) is 17.7 Å². The van der Waals surface area contributed by atoms with Crippen molar-refractivity contribution in [3.05, 3.63) is 34.9 Å². The Morgan fingerprint density at radius 3 is 2.39 bits per heavy atom. The van der Waals surface area contributed by atoms with Crippen molar-refractivity contribution in [1.82, 2.24) is 15.1 Å². The van der Waals surface area contributed by atoms with E-state index in [1.807, 2.05) is 0 Å². The summed E-state index contributed by atoms with van der Waals surface area (Å²) in [5.41, 5.74) is 0.992. The molecule has 168 valence electrons. The number of benzene rings is 1. The van der Waals surface area contributed by atoms with Crippen LogP contribution in [0.2, 0.25) is 0 Å². The Bertz CT molecular complexity index is 848. The van der Waals surface area contributed by atoms with Crippen molar-refractivity contribution in [1.29, 1.82) is 0 Å². The topological polar surface area (TPSA) is 105 Å². The number of hydrogen-bond acceptors (Lipinski definition) is 6. The van der Waals surface area contributed by atoms with Crippen molar-refractivity contribution in [2.45, 2.75) is 31.7 Å². The van der Waals surface area contributed by atoms with Gasteiger partial charge in [-0.15, -0.1) is 0 Å². The number of imide groups is 1. The normalized spacial score (nSPS) is 16.6. The molecule has 0 radical (unpaired) electrons. The van der Waals surface area contributed by atoms with Crippen LogP contribution in [0.3, 0.4) is 0 Å². The third-order valence-electron chi connectivity index (χ3n) is 5.63. The van der Waals surface area contributed by atoms with Crippen LogP contribution < -0.4 is 5.32 Å². The average molecular weight is 431 g/mol. The second-order valence-electron chi connectivity index (χ2n) is 7.75. The van der Waals surface area contributed by atoms with Crippen LogP contribution in [-0.4, -0.2) is 86.5 Å². The smallest absolute Gasteiger partial charge is 0.261 e. The molecule has 0 bridgehead atoms. The number of ether oxygens (including phenoxy) is 2. The van der Waals surface area contributed by atoms with Crippen LogP contribution in [0, 0.1) is 0 Å². The van der Waals surface area contributed by atoms with Gasteiger partial charge in [0.15, 0.2) is 0 Å². The van der Waals surface area contributed by atoms with Gasteiger partial charge in [-0.05, 0) is 37.5 Å². The summed E-state index contributed by atoms with van der Waals surface area (Å²) in [5.74, 6) is -0.933. The van der Waals surface area contributed by atoms with E-state index in [0.717, 1.165) is 0 Å². The predicted molar refractivity (Wildman–Crippen MR) is 112 cm³/mol. The third-order valence-corrected chi connectivity index (χ3v) is 5.63. The summed E-state index contributed by atoms with van der Waals surface area (Å²) in [6.45, 7) is 2.15. The minimum absolute atomic E-state index is 0.0354. The van der Waals surface area contributed by atoms with Gasteiger partial charge in [0.2, 0.25) is 5.91 Å². The fourth-order valence-electron chi connectivity index (χ4n) is 3.90. The van der Waals surface area contributed by atoms with Gasteiger partial charge in [0.1, 0.15) is 0 Å². The number of likely N-dealkylation sites (tertiary alicyclic amines) is 1. The number of hydrogen-bond donors (Lipinski definition) is 1. The maximum atomic E-state index is 12.9. The molecule has 0 unspecified atom stereocenters. The maximum absolute atomic E-state index is 12.9. The summed E-state index contributed by atoms with van der Waals surface area (Å²) in [6, 6.07) is 4.71. The number of methoxy groups -OCH3 is 2. The lowest BCUT2D eigenvalue weighted by Gasteiger charge is -2.32. The van der Waals surface area contributed by atoms with E-state index < -0.39 is 0 Å². The largest absolute Gasteiger partial charge is 0.385 e. The van der Waals surface area contributed by atoms with E-state index in [-0.39, 0.29) is 41.8 Å². The highest BCUT2D eigenvalue weighted by atomic mass is 16.5. The van der Waals surface area contributed by atoms with Gasteiger partial charge in [0.05, 0.1) is 17.7 Å². The molecular weight excluding hydrogens is 402 g/mol. The van der Waals surface area contributed by atoms with Crippen molar-refractivity contribution in [2.75, 3.05) is 47.1 Å². The first-order chi connectivity index (χ1) is 15.0. The van der Waals surface area contributed by atoms with E-state index in [9.17, 15) is 19.2 Å². The molecule has 3 rings (SSSR count). The quantitative estimate of drug-likeness (QED) is 0.463. The van der Waals surface area contributed by atoms with Crippen LogP contribution >= 0.6 is 0 Å². The fourth-order valence-corrected chi connectivity index (χ4v) is 3.90. The minimum Gasteiger partial charge on any atom is -0.385 e. The Hall–Kier alpha value is -2.78. The van der Waals surface area contributed by atoms with E-state index in [0.29, 0.717) is 63.1 Å². The Morgan fingerprint density at radius 1 is 1.03 bits per heavy atom. The summed E-state index contributed by atoms with van der Waals surface area (Å²) >= 11 is 0. The highest BCUT2D eigenvalue weighted by Crippen LogP contribution is 2.25. The minimum atomic E-state index is -0.372. The third kappa shape index (κ3) is 5.29. The summed E-state index contributed by atoms with van der Waals surface area (Å²) in [7, 11) is 3.12. The van der Waals surface area contributed by atoms with Crippen molar-refractivity contribution in [3.8, 4) is 0 Å². The molecule has 9 heteroatoms. The Labute approximate surface area is 181 Å². The lowest BCUT2D eigenvalue weighted by atomic mass is 10.0. The highest BCUT2D eigenvalue weighted by Gasteiger charge is 2.36. The van der Waals surface area contributed by atoms with Gasteiger partial charge in [0, 0.05) is 58.5 Å². The zero-order valence-electron chi connectivity index (χ0n) is 18.0. The van der Waals surface area contributed by atoms with E-state index in [1.54, 1.807) is 31.3 Å². The lowest BCUT2D eigenvalue weighted by Crippen LogP contribution is -2.46. The van der Waals surface area contributed by atoms with Gasteiger partial charge in [-0.1, -0.05) is 0 Å². The summed E-state index contributed by atoms with van der Waals surface area (Å²) in [4.78, 5) is 52.9. The molecule has 1 N–H and O–H groups in total. The second-order valence-corrected chi connectivity index (χ2v) is 7.75. The zero-order chi connectivity index (χ0) is 22.4. The maximum Gasteiger partial charge on any atom is 0.261 e. The van der Waals surface area contributed by atoms with Crippen LogP contribution in [0.15, 0.2) is 18.2 Å². The molecule has 1 aromatic carbocycles. The van der Waals surface area contributed by atoms with Crippen LogP contribution in [0.25, 0.3) is 0 Å². The van der Waals surface area contributed by atoms with Crippen molar-refractivity contribution in [3.63, 3.8) is 0 Å². The van der Waals surface area contributed by atoms with Gasteiger partial charge in [-0.25, -0.2) is 0 Å². The number of amides is 4. The number of carbonyl (C=O) groups is 4. The first kappa shape index (κ1) is 22.9. The SMILES string of the molecule is COCCCN1C(=O)c2ccc(C(=O)N3CCC(NC(=O)CCOC)CC3)cc2C1=O. The number of nitrogens with zero attached hydrogens (tertiary/aromatic N) is 2. The second kappa shape index (κ2) is 10.5. The lowest BCUT2D eigenvalue weighted by molar-refractivity contribution is -0.122. The molecule has 1 fully saturated rings. The molecule has 2 aliphatic rings.